The molecule has 3 rings (SSSR count). The average molecular weight is 474 g/mol. The van der Waals surface area contributed by atoms with Crippen LogP contribution in [0.25, 0.3) is 5.69 Å². The van der Waals surface area contributed by atoms with Gasteiger partial charge in [-0.05, 0) is 30.3 Å². The molecule has 0 saturated carbocycles. The monoisotopic (exact) mass is 474 g/mol. The van der Waals surface area contributed by atoms with Gasteiger partial charge >= 0.3 is 12.4 Å². The Balaban J connectivity index is 1.89. The number of para-hydroxylation sites is 1. The second kappa shape index (κ2) is 9.48. The molecule has 1 amide bonds. The van der Waals surface area contributed by atoms with Gasteiger partial charge in [-0.2, -0.15) is 26.3 Å². The topological polar surface area (TPSA) is 78.3 Å². The number of anilines is 1. The van der Waals surface area contributed by atoms with Crippen LogP contribution >= 0.6 is 0 Å². The highest BCUT2D eigenvalue weighted by Gasteiger charge is 2.34. The Morgan fingerprint density at radius 2 is 1.76 bits per heavy atom. The Kier molecular flexibility index (Phi) is 6.91. The van der Waals surface area contributed by atoms with Gasteiger partial charge in [0.25, 0.3) is 5.91 Å². The molecule has 0 aliphatic carbocycles. The zero-order valence-corrected chi connectivity index (χ0v) is 16.9. The van der Waals surface area contributed by atoms with Crippen LogP contribution in [0.15, 0.2) is 48.7 Å². The van der Waals surface area contributed by atoms with Crippen LogP contribution in [0.3, 0.4) is 0 Å². The van der Waals surface area contributed by atoms with E-state index in [4.69, 9.17) is 9.47 Å². The molecule has 3 aromatic rings. The number of carbonyl (C=O) groups is 1. The van der Waals surface area contributed by atoms with E-state index in [2.05, 4.69) is 15.6 Å². The maximum absolute atomic E-state index is 13.2. The summed E-state index contributed by atoms with van der Waals surface area (Å²) in [7, 11) is 1.40. The van der Waals surface area contributed by atoms with Crippen molar-refractivity contribution in [1.82, 2.24) is 15.0 Å². The van der Waals surface area contributed by atoms with Crippen molar-refractivity contribution in [3.63, 3.8) is 0 Å². The molecule has 2 aromatic carbocycles. The Morgan fingerprint density at radius 1 is 1.03 bits per heavy atom. The normalized spacial score (nSPS) is 12.0. The molecule has 0 aliphatic rings. The minimum atomic E-state index is -4.69. The Hall–Kier alpha value is -3.61. The van der Waals surface area contributed by atoms with Crippen molar-refractivity contribution < 1.29 is 40.6 Å². The van der Waals surface area contributed by atoms with Crippen molar-refractivity contribution in [1.29, 1.82) is 0 Å². The van der Waals surface area contributed by atoms with Gasteiger partial charge in [0.15, 0.2) is 5.69 Å². The molecule has 7 nitrogen and oxygen atoms in total. The number of aromatic nitrogens is 3. The first-order chi connectivity index (χ1) is 15.5. The summed E-state index contributed by atoms with van der Waals surface area (Å²) in [4.78, 5) is 12.6. The predicted molar refractivity (Wildman–Crippen MR) is 103 cm³/mol. The first-order valence-electron chi connectivity index (χ1n) is 9.24. The van der Waals surface area contributed by atoms with Crippen molar-refractivity contribution in [3.05, 3.63) is 65.5 Å². The molecule has 0 spiro atoms. The smallest absolute Gasteiger partial charge is 0.418 e. The third-order valence-corrected chi connectivity index (χ3v) is 4.28. The van der Waals surface area contributed by atoms with Gasteiger partial charge in [0, 0.05) is 7.11 Å². The number of hydrogen-bond acceptors (Lipinski definition) is 5. The van der Waals surface area contributed by atoms with Crippen molar-refractivity contribution in [2.75, 3.05) is 25.6 Å². The fraction of sp³-hybridized carbons (Fsp3) is 0.250. The second-order valence-electron chi connectivity index (χ2n) is 6.57. The zero-order valence-electron chi connectivity index (χ0n) is 16.9. The number of rotatable bonds is 7. The van der Waals surface area contributed by atoms with E-state index in [1.54, 1.807) is 0 Å². The lowest BCUT2D eigenvalue weighted by Crippen LogP contribution is -2.16. The number of hydrogen-bond donors (Lipinski definition) is 1. The lowest BCUT2D eigenvalue weighted by atomic mass is 10.1. The summed E-state index contributed by atoms with van der Waals surface area (Å²) >= 11 is 0. The number of benzene rings is 2. The van der Waals surface area contributed by atoms with Crippen LogP contribution < -0.4 is 10.1 Å². The van der Waals surface area contributed by atoms with E-state index in [-0.39, 0.29) is 30.3 Å². The number of nitrogens with one attached hydrogen (secondary N) is 1. The lowest BCUT2D eigenvalue weighted by molar-refractivity contribution is -0.138. The first-order valence-corrected chi connectivity index (χ1v) is 9.24. The molecular formula is C20H16F6N4O3. The number of alkyl halides is 6. The SMILES string of the molecule is COCCOc1ccc(C(F)(F)F)cc1NC(=O)c1cn(-c2ccccc2C(F)(F)F)nn1. The first kappa shape index (κ1) is 24.0. The summed E-state index contributed by atoms with van der Waals surface area (Å²) in [6.45, 7) is 0.135. The van der Waals surface area contributed by atoms with Gasteiger partial charge < -0.3 is 14.8 Å². The van der Waals surface area contributed by atoms with Crippen LogP contribution in [-0.2, 0) is 17.1 Å². The van der Waals surface area contributed by atoms with E-state index in [1.807, 2.05) is 0 Å². The van der Waals surface area contributed by atoms with Gasteiger partial charge in [0.1, 0.15) is 12.4 Å². The van der Waals surface area contributed by atoms with Gasteiger partial charge in [-0.3, -0.25) is 4.79 Å². The Labute approximate surface area is 182 Å². The van der Waals surface area contributed by atoms with Crippen molar-refractivity contribution in [3.8, 4) is 11.4 Å². The molecule has 1 heterocycles. The Bertz CT molecular complexity index is 1130. The molecule has 13 heteroatoms. The Morgan fingerprint density at radius 3 is 2.42 bits per heavy atom. The lowest BCUT2D eigenvalue weighted by Gasteiger charge is -2.15. The molecule has 0 fully saturated rings. The molecule has 0 radical (unpaired) electrons. The fourth-order valence-corrected chi connectivity index (χ4v) is 2.75. The fourth-order valence-electron chi connectivity index (χ4n) is 2.75. The highest BCUT2D eigenvalue weighted by molar-refractivity contribution is 6.03. The molecule has 0 atom stereocenters. The second-order valence-corrected chi connectivity index (χ2v) is 6.57. The molecule has 176 valence electrons. The predicted octanol–water partition coefficient (Wildman–Crippen LogP) is 4.58. The molecule has 1 N–H and O–H groups in total. The van der Waals surface area contributed by atoms with Crippen molar-refractivity contribution in [2.45, 2.75) is 12.4 Å². The minimum absolute atomic E-state index is 0.00482. The van der Waals surface area contributed by atoms with E-state index < -0.39 is 35.1 Å². The van der Waals surface area contributed by atoms with Gasteiger partial charge in [0.2, 0.25) is 0 Å². The number of methoxy groups -OCH3 is 1. The van der Waals surface area contributed by atoms with E-state index in [9.17, 15) is 31.1 Å². The van der Waals surface area contributed by atoms with Crippen LogP contribution in [0.4, 0.5) is 32.0 Å². The van der Waals surface area contributed by atoms with Crippen molar-refractivity contribution in [2.24, 2.45) is 0 Å². The van der Waals surface area contributed by atoms with Crippen LogP contribution in [0, 0.1) is 0 Å². The summed E-state index contributed by atoms with van der Waals surface area (Å²) < 4.78 is 89.9. The maximum Gasteiger partial charge on any atom is 0.418 e. The third-order valence-electron chi connectivity index (χ3n) is 4.28. The van der Waals surface area contributed by atoms with Gasteiger partial charge in [-0.25, -0.2) is 4.68 Å². The molecular weight excluding hydrogens is 458 g/mol. The molecule has 0 aliphatic heterocycles. The summed E-state index contributed by atoms with van der Waals surface area (Å²) in [5, 5.41) is 9.31. The number of halogens is 6. The standard InChI is InChI=1S/C20H16F6N4O3/c1-32-8-9-33-17-7-6-12(19(21,22)23)10-14(17)27-18(31)15-11-30(29-28-15)16-5-3-2-4-13(16)20(24,25)26/h2-7,10-11H,8-9H2,1H3,(H,27,31). The van der Waals surface area contributed by atoms with E-state index >= 15 is 0 Å². The molecule has 1 aromatic heterocycles. The van der Waals surface area contributed by atoms with Crippen LogP contribution in [0.1, 0.15) is 21.6 Å². The average Bonchev–Trinajstić information content (AvgIpc) is 3.24. The largest absolute Gasteiger partial charge is 0.489 e. The van der Waals surface area contributed by atoms with Crippen LogP contribution in [0.2, 0.25) is 0 Å². The van der Waals surface area contributed by atoms with E-state index in [0.717, 1.165) is 35.1 Å². The summed E-state index contributed by atoms with van der Waals surface area (Å²) in [6.07, 6.45) is -8.44. The number of carbonyl (C=O) groups excluding carboxylic acids is 1. The zero-order chi connectivity index (χ0) is 24.2. The van der Waals surface area contributed by atoms with Gasteiger partial charge in [0.05, 0.1) is 35.3 Å². The van der Waals surface area contributed by atoms with E-state index in [0.29, 0.717) is 6.07 Å². The van der Waals surface area contributed by atoms with Crippen molar-refractivity contribution >= 4 is 11.6 Å². The van der Waals surface area contributed by atoms with E-state index in [1.165, 1.54) is 19.2 Å². The quantitative estimate of drug-likeness (QED) is 0.401. The van der Waals surface area contributed by atoms with Gasteiger partial charge in [-0.15, -0.1) is 5.10 Å². The highest BCUT2D eigenvalue weighted by Crippen LogP contribution is 2.36. The third kappa shape index (κ3) is 5.80. The summed E-state index contributed by atoms with van der Waals surface area (Å²) in [5.74, 6) is -1.06. The molecule has 0 unspecified atom stereocenters. The number of ether oxygens (including phenoxy) is 2. The number of amides is 1. The minimum Gasteiger partial charge on any atom is -0.489 e. The molecule has 33 heavy (non-hydrogen) atoms. The maximum atomic E-state index is 13.2. The molecule has 0 bridgehead atoms. The summed E-state index contributed by atoms with van der Waals surface area (Å²) in [6, 6.07) is 6.99. The van der Waals surface area contributed by atoms with Crippen LogP contribution in [0.5, 0.6) is 5.75 Å². The molecule has 0 saturated heterocycles. The number of nitrogens with zero attached hydrogens (tertiary/aromatic N) is 3. The highest BCUT2D eigenvalue weighted by atomic mass is 19.4. The summed E-state index contributed by atoms with van der Waals surface area (Å²) in [5.41, 5.74) is -3.16. The van der Waals surface area contributed by atoms with Crippen LogP contribution in [-0.4, -0.2) is 41.2 Å². The van der Waals surface area contributed by atoms with Gasteiger partial charge in [-0.1, -0.05) is 17.3 Å².